The summed E-state index contributed by atoms with van der Waals surface area (Å²) in [5.74, 6) is 0.754. The minimum absolute atomic E-state index is 0.586. The highest BCUT2D eigenvalue weighted by Crippen LogP contribution is 2.24. The molecule has 0 saturated heterocycles. The number of thiophene rings is 1. The SMILES string of the molecule is Nc1cc(I)ccc1OCc1cccs1. The molecule has 2 nitrogen and oxygen atoms in total. The quantitative estimate of drug-likeness (QED) is 0.690. The number of nitrogen functional groups attached to an aromatic ring is 1. The Morgan fingerprint density at radius 3 is 2.87 bits per heavy atom. The van der Waals surface area contributed by atoms with Gasteiger partial charge in [0.25, 0.3) is 0 Å². The Hall–Kier alpha value is -0.750. The molecule has 1 aromatic carbocycles. The first-order valence-electron chi connectivity index (χ1n) is 4.46. The normalized spacial score (nSPS) is 10.2. The zero-order chi connectivity index (χ0) is 10.7. The van der Waals surface area contributed by atoms with Gasteiger partial charge in [-0.15, -0.1) is 11.3 Å². The van der Waals surface area contributed by atoms with Crippen molar-refractivity contribution in [3.05, 3.63) is 44.2 Å². The van der Waals surface area contributed by atoms with Crippen molar-refractivity contribution in [1.82, 2.24) is 0 Å². The van der Waals surface area contributed by atoms with Crippen molar-refractivity contribution in [2.24, 2.45) is 0 Å². The standard InChI is InChI=1S/C11H10INOS/c12-8-3-4-11(10(13)6-8)14-7-9-2-1-5-15-9/h1-6H,7,13H2. The third-order valence-corrected chi connectivity index (χ3v) is 3.44. The number of halogens is 1. The van der Waals surface area contributed by atoms with Gasteiger partial charge in [0.15, 0.2) is 0 Å². The van der Waals surface area contributed by atoms with Crippen molar-refractivity contribution in [1.29, 1.82) is 0 Å². The van der Waals surface area contributed by atoms with E-state index in [1.165, 1.54) is 4.88 Å². The lowest BCUT2D eigenvalue weighted by Gasteiger charge is -2.07. The molecule has 0 saturated carbocycles. The van der Waals surface area contributed by atoms with E-state index in [1.807, 2.05) is 35.7 Å². The van der Waals surface area contributed by atoms with Crippen LogP contribution in [0.1, 0.15) is 4.88 Å². The van der Waals surface area contributed by atoms with Crippen LogP contribution in [0, 0.1) is 3.57 Å². The predicted octanol–water partition coefficient (Wildman–Crippen LogP) is 3.51. The summed E-state index contributed by atoms with van der Waals surface area (Å²) < 4.78 is 6.74. The molecule has 0 radical (unpaired) electrons. The van der Waals surface area contributed by atoms with Gasteiger partial charge in [-0.25, -0.2) is 0 Å². The van der Waals surface area contributed by atoms with Crippen molar-refractivity contribution in [2.75, 3.05) is 5.73 Å². The summed E-state index contributed by atoms with van der Waals surface area (Å²) in [5.41, 5.74) is 6.53. The minimum Gasteiger partial charge on any atom is -0.486 e. The second kappa shape index (κ2) is 4.85. The van der Waals surface area contributed by atoms with Crippen LogP contribution in [0.5, 0.6) is 5.75 Å². The van der Waals surface area contributed by atoms with Gasteiger partial charge in [-0.1, -0.05) is 6.07 Å². The number of nitrogens with two attached hydrogens (primary N) is 1. The molecule has 78 valence electrons. The van der Waals surface area contributed by atoms with Crippen LogP contribution in [0.15, 0.2) is 35.7 Å². The molecule has 15 heavy (non-hydrogen) atoms. The van der Waals surface area contributed by atoms with Gasteiger partial charge in [-0.2, -0.15) is 0 Å². The van der Waals surface area contributed by atoms with Crippen LogP contribution in [-0.4, -0.2) is 0 Å². The molecule has 0 amide bonds. The molecule has 1 aromatic heterocycles. The predicted molar refractivity (Wildman–Crippen MR) is 72.2 cm³/mol. The molecule has 0 aliphatic heterocycles. The monoisotopic (exact) mass is 331 g/mol. The maximum Gasteiger partial charge on any atom is 0.142 e. The van der Waals surface area contributed by atoms with Crippen molar-refractivity contribution < 1.29 is 4.74 Å². The lowest BCUT2D eigenvalue weighted by molar-refractivity contribution is 0.311. The molecular weight excluding hydrogens is 321 g/mol. The van der Waals surface area contributed by atoms with Gasteiger partial charge in [-0.3, -0.25) is 0 Å². The second-order valence-electron chi connectivity index (χ2n) is 3.05. The molecule has 0 atom stereocenters. The first-order valence-corrected chi connectivity index (χ1v) is 6.42. The topological polar surface area (TPSA) is 35.2 Å². The molecule has 2 N–H and O–H groups in total. The van der Waals surface area contributed by atoms with E-state index < -0.39 is 0 Å². The third-order valence-electron chi connectivity index (χ3n) is 1.92. The summed E-state index contributed by atoms with van der Waals surface area (Å²) in [6, 6.07) is 9.86. The number of benzene rings is 1. The first kappa shape index (κ1) is 10.8. The molecule has 1 heterocycles. The van der Waals surface area contributed by atoms with E-state index in [0.29, 0.717) is 12.3 Å². The molecule has 0 bridgehead atoms. The third kappa shape index (κ3) is 2.85. The largest absolute Gasteiger partial charge is 0.486 e. The first-order chi connectivity index (χ1) is 7.25. The minimum atomic E-state index is 0.586. The van der Waals surface area contributed by atoms with Gasteiger partial charge >= 0.3 is 0 Å². The van der Waals surface area contributed by atoms with Crippen LogP contribution in [0.4, 0.5) is 5.69 Å². The molecule has 0 aliphatic rings. The maximum atomic E-state index is 5.83. The number of anilines is 1. The molecule has 0 spiro atoms. The van der Waals surface area contributed by atoms with Crippen molar-refractivity contribution in [2.45, 2.75) is 6.61 Å². The number of hydrogen-bond donors (Lipinski definition) is 1. The van der Waals surface area contributed by atoms with E-state index in [-0.39, 0.29) is 0 Å². The fourth-order valence-electron chi connectivity index (χ4n) is 1.19. The zero-order valence-electron chi connectivity index (χ0n) is 7.94. The Bertz CT molecular complexity index is 442. The molecule has 0 fully saturated rings. The van der Waals surface area contributed by atoms with E-state index in [1.54, 1.807) is 11.3 Å². The lowest BCUT2D eigenvalue weighted by Crippen LogP contribution is -1.97. The number of ether oxygens (including phenoxy) is 1. The Balaban J connectivity index is 2.05. The Morgan fingerprint density at radius 2 is 2.20 bits per heavy atom. The lowest BCUT2D eigenvalue weighted by atomic mass is 10.3. The van der Waals surface area contributed by atoms with E-state index in [0.717, 1.165) is 9.32 Å². The fourth-order valence-corrected chi connectivity index (χ4v) is 2.33. The maximum absolute atomic E-state index is 5.83. The highest BCUT2D eigenvalue weighted by molar-refractivity contribution is 14.1. The average molecular weight is 331 g/mol. The van der Waals surface area contributed by atoms with Crippen LogP contribution in [0.2, 0.25) is 0 Å². The van der Waals surface area contributed by atoms with E-state index in [9.17, 15) is 0 Å². The molecular formula is C11H10INOS. The average Bonchev–Trinajstić information content (AvgIpc) is 2.69. The molecule has 2 rings (SSSR count). The molecule has 2 aromatic rings. The Labute approximate surface area is 106 Å². The zero-order valence-corrected chi connectivity index (χ0v) is 10.9. The highest BCUT2D eigenvalue weighted by Gasteiger charge is 2.01. The molecule has 4 heteroatoms. The van der Waals surface area contributed by atoms with Gasteiger partial charge < -0.3 is 10.5 Å². The van der Waals surface area contributed by atoms with Crippen molar-refractivity contribution in [3.63, 3.8) is 0 Å². The molecule has 0 unspecified atom stereocenters. The summed E-state index contributed by atoms with van der Waals surface area (Å²) in [6.45, 7) is 0.586. The summed E-state index contributed by atoms with van der Waals surface area (Å²) in [6.07, 6.45) is 0. The fraction of sp³-hybridized carbons (Fsp3) is 0.0909. The number of rotatable bonds is 3. The van der Waals surface area contributed by atoms with E-state index in [4.69, 9.17) is 10.5 Å². The van der Waals surface area contributed by atoms with Gasteiger partial charge in [-0.05, 0) is 52.2 Å². The molecule has 0 aliphatic carbocycles. The van der Waals surface area contributed by atoms with Gasteiger partial charge in [0.2, 0.25) is 0 Å². The van der Waals surface area contributed by atoms with Crippen LogP contribution < -0.4 is 10.5 Å². The van der Waals surface area contributed by atoms with Gasteiger partial charge in [0, 0.05) is 8.45 Å². The summed E-state index contributed by atoms with van der Waals surface area (Å²) in [4.78, 5) is 1.20. The highest BCUT2D eigenvalue weighted by atomic mass is 127. The van der Waals surface area contributed by atoms with Crippen LogP contribution in [-0.2, 0) is 6.61 Å². The summed E-state index contributed by atoms with van der Waals surface area (Å²) >= 11 is 3.91. The van der Waals surface area contributed by atoms with Crippen molar-refractivity contribution in [3.8, 4) is 5.75 Å². The van der Waals surface area contributed by atoms with Crippen LogP contribution in [0.3, 0.4) is 0 Å². The van der Waals surface area contributed by atoms with E-state index >= 15 is 0 Å². The van der Waals surface area contributed by atoms with Crippen molar-refractivity contribution >= 4 is 39.6 Å². The number of hydrogen-bond acceptors (Lipinski definition) is 3. The van der Waals surface area contributed by atoms with E-state index in [2.05, 4.69) is 22.6 Å². The summed E-state index contributed by atoms with van der Waals surface area (Å²) in [5, 5.41) is 2.04. The smallest absolute Gasteiger partial charge is 0.142 e. The second-order valence-corrected chi connectivity index (χ2v) is 5.33. The summed E-state index contributed by atoms with van der Waals surface area (Å²) in [7, 11) is 0. The van der Waals surface area contributed by atoms with Gasteiger partial charge in [0.1, 0.15) is 12.4 Å². The Morgan fingerprint density at radius 1 is 1.33 bits per heavy atom. The van der Waals surface area contributed by atoms with Crippen LogP contribution in [0.25, 0.3) is 0 Å². The van der Waals surface area contributed by atoms with Gasteiger partial charge in [0.05, 0.1) is 5.69 Å². The Kier molecular flexibility index (Phi) is 3.48. The van der Waals surface area contributed by atoms with Crippen LogP contribution >= 0.6 is 33.9 Å².